The van der Waals surface area contributed by atoms with Crippen LogP contribution in [0.15, 0.2) is 0 Å². The van der Waals surface area contributed by atoms with Crippen LogP contribution in [0.3, 0.4) is 0 Å². The second-order valence-corrected chi connectivity index (χ2v) is 5.63. The van der Waals surface area contributed by atoms with Crippen LogP contribution in [0.2, 0.25) is 0 Å². The fourth-order valence-corrected chi connectivity index (χ4v) is 3.05. The van der Waals surface area contributed by atoms with Crippen LogP contribution in [0, 0.1) is 11.3 Å². The monoisotopic (exact) mass is 210 g/mol. The first-order valence-electron chi connectivity index (χ1n) is 6.70. The number of hydrogen-bond acceptors (Lipinski definition) is 2. The Hall–Kier alpha value is -0.0800. The van der Waals surface area contributed by atoms with Gasteiger partial charge < -0.3 is 10.6 Å². The van der Waals surface area contributed by atoms with Crippen molar-refractivity contribution in [1.29, 1.82) is 0 Å². The standard InChI is InChI=1S/C13H26N2/c1-3-13(6-4-7-13)10-14-9-12-5-8-15-11(12)2/h11-12,14-15H,3-10H2,1-2H3. The average molecular weight is 210 g/mol. The highest BCUT2D eigenvalue weighted by atomic mass is 15.0. The summed E-state index contributed by atoms with van der Waals surface area (Å²) < 4.78 is 0. The SMILES string of the molecule is CCC1(CNCC2CCNC2C)CCC1. The molecule has 1 heterocycles. The van der Waals surface area contributed by atoms with Crippen LogP contribution in [0.25, 0.3) is 0 Å². The molecule has 0 aromatic heterocycles. The largest absolute Gasteiger partial charge is 0.316 e. The van der Waals surface area contributed by atoms with E-state index in [0.29, 0.717) is 5.41 Å². The second-order valence-electron chi connectivity index (χ2n) is 5.63. The summed E-state index contributed by atoms with van der Waals surface area (Å²) in [6.45, 7) is 8.36. The van der Waals surface area contributed by atoms with Gasteiger partial charge in [-0.15, -0.1) is 0 Å². The molecule has 0 spiro atoms. The highest BCUT2D eigenvalue weighted by molar-refractivity contribution is 4.89. The predicted octanol–water partition coefficient (Wildman–Crippen LogP) is 2.15. The van der Waals surface area contributed by atoms with Gasteiger partial charge in [-0.3, -0.25) is 0 Å². The van der Waals surface area contributed by atoms with Gasteiger partial charge in [0.15, 0.2) is 0 Å². The van der Waals surface area contributed by atoms with Gasteiger partial charge in [0, 0.05) is 12.6 Å². The molecular weight excluding hydrogens is 184 g/mol. The quantitative estimate of drug-likeness (QED) is 0.726. The lowest BCUT2D eigenvalue weighted by atomic mass is 9.67. The number of nitrogens with one attached hydrogen (secondary N) is 2. The molecule has 1 aliphatic heterocycles. The summed E-state index contributed by atoms with van der Waals surface area (Å²) in [7, 11) is 0. The summed E-state index contributed by atoms with van der Waals surface area (Å²) in [5, 5.41) is 7.23. The molecule has 1 aliphatic carbocycles. The lowest BCUT2D eigenvalue weighted by Crippen LogP contribution is -2.42. The van der Waals surface area contributed by atoms with Gasteiger partial charge in [0.1, 0.15) is 0 Å². The summed E-state index contributed by atoms with van der Waals surface area (Å²) in [5.41, 5.74) is 0.676. The minimum atomic E-state index is 0.676. The molecule has 15 heavy (non-hydrogen) atoms. The van der Waals surface area contributed by atoms with Gasteiger partial charge in [0.25, 0.3) is 0 Å². The van der Waals surface area contributed by atoms with Crippen molar-refractivity contribution >= 4 is 0 Å². The van der Waals surface area contributed by atoms with Gasteiger partial charge >= 0.3 is 0 Å². The highest BCUT2D eigenvalue weighted by Crippen LogP contribution is 2.43. The first-order valence-corrected chi connectivity index (χ1v) is 6.70. The topological polar surface area (TPSA) is 24.1 Å². The molecule has 2 nitrogen and oxygen atoms in total. The molecule has 2 N–H and O–H groups in total. The van der Waals surface area contributed by atoms with Crippen LogP contribution < -0.4 is 10.6 Å². The van der Waals surface area contributed by atoms with Crippen molar-refractivity contribution in [2.24, 2.45) is 11.3 Å². The lowest BCUT2D eigenvalue weighted by molar-refractivity contribution is 0.122. The third-order valence-corrected chi connectivity index (χ3v) is 4.76. The average Bonchev–Trinajstić information content (AvgIpc) is 2.57. The maximum absolute atomic E-state index is 3.71. The van der Waals surface area contributed by atoms with Crippen molar-refractivity contribution in [3.05, 3.63) is 0 Å². The van der Waals surface area contributed by atoms with E-state index in [2.05, 4.69) is 24.5 Å². The van der Waals surface area contributed by atoms with E-state index >= 15 is 0 Å². The van der Waals surface area contributed by atoms with Crippen molar-refractivity contribution in [2.75, 3.05) is 19.6 Å². The van der Waals surface area contributed by atoms with Gasteiger partial charge in [-0.05, 0) is 57.0 Å². The maximum atomic E-state index is 3.71. The van der Waals surface area contributed by atoms with Crippen molar-refractivity contribution < 1.29 is 0 Å². The molecule has 0 aromatic carbocycles. The molecule has 2 atom stereocenters. The Morgan fingerprint density at radius 2 is 2.20 bits per heavy atom. The summed E-state index contributed by atoms with van der Waals surface area (Å²) in [6.07, 6.45) is 7.08. The van der Waals surface area contributed by atoms with Crippen molar-refractivity contribution in [3.63, 3.8) is 0 Å². The molecule has 2 aliphatic rings. The zero-order valence-electron chi connectivity index (χ0n) is 10.3. The van der Waals surface area contributed by atoms with Gasteiger partial charge in [-0.2, -0.15) is 0 Å². The van der Waals surface area contributed by atoms with Crippen molar-refractivity contribution in [1.82, 2.24) is 10.6 Å². The van der Waals surface area contributed by atoms with Crippen LogP contribution in [-0.4, -0.2) is 25.7 Å². The molecule has 2 rings (SSSR count). The summed E-state index contributed by atoms with van der Waals surface area (Å²) in [4.78, 5) is 0. The fourth-order valence-electron chi connectivity index (χ4n) is 3.05. The van der Waals surface area contributed by atoms with Gasteiger partial charge in [0.2, 0.25) is 0 Å². The molecule has 2 fully saturated rings. The third kappa shape index (κ3) is 2.54. The van der Waals surface area contributed by atoms with E-state index in [1.54, 1.807) is 0 Å². The van der Waals surface area contributed by atoms with E-state index in [1.807, 2.05) is 0 Å². The smallest absolute Gasteiger partial charge is 0.00795 e. The van der Waals surface area contributed by atoms with Crippen molar-refractivity contribution in [2.45, 2.75) is 52.0 Å². The molecule has 2 unspecified atom stereocenters. The maximum Gasteiger partial charge on any atom is 0.00795 e. The Morgan fingerprint density at radius 3 is 2.67 bits per heavy atom. The summed E-state index contributed by atoms with van der Waals surface area (Å²) in [5.74, 6) is 0.860. The zero-order chi connectivity index (χ0) is 10.7. The molecule has 1 saturated carbocycles. The first kappa shape index (κ1) is 11.4. The third-order valence-electron chi connectivity index (χ3n) is 4.76. The van der Waals surface area contributed by atoms with Crippen LogP contribution in [0.4, 0.5) is 0 Å². The molecule has 2 heteroatoms. The minimum absolute atomic E-state index is 0.676. The van der Waals surface area contributed by atoms with Crippen molar-refractivity contribution in [3.8, 4) is 0 Å². The predicted molar refractivity (Wildman–Crippen MR) is 65.0 cm³/mol. The lowest BCUT2D eigenvalue weighted by Gasteiger charge is -2.41. The van der Waals surface area contributed by atoms with Crippen LogP contribution in [0.5, 0.6) is 0 Å². The van der Waals surface area contributed by atoms with E-state index in [0.717, 1.165) is 12.0 Å². The first-order chi connectivity index (χ1) is 7.26. The van der Waals surface area contributed by atoms with E-state index in [-0.39, 0.29) is 0 Å². The Balaban J connectivity index is 1.65. The van der Waals surface area contributed by atoms with Gasteiger partial charge in [0.05, 0.1) is 0 Å². The molecule has 0 aromatic rings. The van der Waals surface area contributed by atoms with Crippen LogP contribution in [0.1, 0.15) is 46.0 Å². The van der Waals surface area contributed by atoms with E-state index in [9.17, 15) is 0 Å². The zero-order valence-corrected chi connectivity index (χ0v) is 10.3. The number of rotatable bonds is 5. The second kappa shape index (κ2) is 4.84. The Morgan fingerprint density at radius 1 is 1.40 bits per heavy atom. The fraction of sp³-hybridized carbons (Fsp3) is 1.00. The number of hydrogen-bond donors (Lipinski definition) is 2. The van der Waals surface area contributed by atoms with Crippen LogP contribution in [-0.2, 0) is 0 Å². The Labute approximate surface area is 94.2 Å². The minimum Gasteiger partial charge on any atom is -0.316 e. The molecule has 0 radical (unpaired) electrons. The van der Waals surface area contributed by atoms with Crippen LogP contribution >= 0.6 is 0 Å². The molecule has 0 bridgehead atoms. The van der Waals surface area contributed by atoms with E-state index in [1.165, 1.54) is 51.7 Å². The normalized spacial score (nSPS) is 34.0. The van der Waals surface area contributed by atoms with E-state index in [4.69, 9.17) is 0 Å². The molecule has 88 valence electrons. The summed E-state index contributed by atoms with van der Waals surface area (Å²) >= 11 is 0. The molecule has 1 saturated heterocycles. The summed E-state index contributed by atoms with van der Waals surface area (Å²) in [6, 6.07) is 0.719. The highest BCUT2D eigenvalue weighted by Gasteiger charge is 2.34. The van der Waals surface area contributed by atoms with Gasteiger partial charge in [-0.1, -0.05) is 13.3 Å². The molecule has 0 amide bonds. The Kier molecular flexibility index (Phi) is 3.68. The van der Waals surface area contributed by atoms with E-state index < -0.39 is 0 Å². The Bertz CT molecular complexity index is 193. The molecular formula is C13H26N2. The van der Waals surface area contributed by atoms with Gasteiger partial charge in [-0.25, -0.2) is 0 Å².